The highest BCUT2D eigenvalue weighted by molar-refractivity contribution is 9.10. The van der Waals surface area contributed by atoms with Gasteiger partial charge in [-0.05, 0) is 31.5 Å². The number of benzene rings is 1. The average Bonchev–Trinajstić information content (AvgIpc) is 2.22. The Kier molecular flexibility index (Phi) is 6.75. The fourth-order valence-electron chi connectivity index (χ4n) is 1.17. The van der Waals surface area contributed by atoms with Gasteiger partial charge in [0.15, 0.2) is 0 Å². The van der Waals surface area contributed by atoms with Crippen LogP contribution in [0.15, 0.2) is 22.7 Å². The third-order valence-corrected chi connectivity index (χ3v) is 3.50. The van der Waals surface area contributed by atoms with E-state index in [1.54, 1.807) is 0 Å². The Morgan fingerprint density at radius 2 is 2.00 bits per heavy atom. The molecule has 1 aromatic carbocycles. The van der Waals surface area contributed by atoms with E-state index in [-0.39, 0.29) is 30.3 Å². The second-order valence-corrected chi connectivity index (χ2v) is 4.96. The van der Waals surface area contributed by atoms with E-state index in [4.69, 9.17) is 5.73 Å². The third-order valence-electron chi connectivity index (χ3n) is 2.64. The normalized spacial score (nSPS) is 13.5. The van der Waals surface area contributed by atoms with E-state index >= 15 is 0 Å². The van der Waals surface area contributed by atoms with Gasteiger partial charge >= 0.3 is 0 Å². The molecule has 0 fully saturated rings. The predicted octanol–water partition coefficient (Wildman–Crippen LogP) is 3.10. The monoisotopic (exact) mass is 320 g/mol. The summed E-state index contributed by atoms with van der Waals surface area (Å²) < 4.78 is 0.985. The van der Waals surface area contributed by atoms with Crippen LogP contribution in [0.3, 0.4) is 0 Å². The summed E-state index contributed by atoms with van der Waals surface area (Å²) in [5.41, 5.74) is 7.60. The Labute approximate surface area is 117 Å². The van der Waals surface area contributed by atoms with Crippen molar-refractivity contribution in [1.82, 2.24) is 0 Å². The van der Waals surface area contributed by atoms with E-state index in [1.165, 1.54) is 0 Å². The number of rotatable bonds is 3. The highest BCUT2D eigenvalue weighted by atomic mass is 79.9. The molecule has 0 heterocycles. The summed E-state index contributed by atoms with van der Waals surface area (Å²) in [6.07, 6.45) is 0. The summed E-state index contributed by atoms with van der Waals surface area (Å²) in [6, 6.07) is 5.58. The van der Waals surface area contributed by atoms with Gasteiger partial charge in [-0.2, -0.15) is 0 Å². The summed E-state index contributed by atoms with van der Waals surface area (Å²) in [5.74, 6) is -0.245. The van der Waals surface area contributed by atoms with E-state index in [0.717, 1.165) is 15.7 Å². The standard InChI is InChI=1S/C12H17BrN2O.ClH/c1-7-4-5-10(6-11(7)13)15-12(16)8(2)9(3)14;/h4-6,8-9H,14H2,1-3H3,(H,15,16);1H. The number of nitrogens with one attached hydrogen (secondary N) is 1. The van der Waals surface area contributed by atoms with Crippen molar-refractivity contribution in [3.63, 3.8) is 0 Å². The zero-order valence-electron chi connectivity index (χ0n) is 10.2. The molecule has 0 aliphatic heterocycles. The first kappa shape index (κ1) is 16.4. The molecular formula is C12H18BrClN2O. The van der Waals surface area contributed by atoms with Gasteiger partial charge in [-0.3, -0.25) is 4.79 Å². The van der Waals surface area contributed by atoms with Crippen LogP contribution in [0, 0.1) is 12.8 Å². The van der Waals surface area contributed by atoms with Crippen LogP contribution in [0.25, 0.3) is 0 Å². The molecule has 0 spiro atoms. The summed E-state index contributed by atoms with van der Waals surface area (Å²) in [6.45, 7) is 5.65. The maximum absolute atomic E-state index is 11.7. The number of hydrogen-bond acceptors (Lipinski definition) is 2. The van der Waals surface area contributed by atoms with Crippen molar-refractivity contribution in [3.8, 4) is 0 Å². The van der Waals surface area contributed by atoms with E-state index in [1.807, 2.05) is 39.0 Å². The summed E-state index contributed by atoms with van der Waals surface area (Å²) >= 11 is 3.43. The Hall–Kier alpha value is -0.580. The van der Waals surface area contributed by atoms with Gasteiger partial charge in [-0.25, -0.2) is 0 Å². The van der Waals surface area contributed by atoms with E-state index in [0.29, 0.717) is 0 Å². The zero-order chi connectivity index (χ0) is 12.3. The number of hydrogen-bond donors (Lipinski definition) is 2. The SMILES string of the molecule is Cc1ccc(NC(=O)C(C)C(C)N)cc1Br.Cl. The van der Waals surface area contributed by atoms with Crippen molar-refractivity contribution in [2.45, 2.75) is 26.8 Å². The van der Waals surface area contributed by atoms with Gasteiger partial charge in [-0.15, -0.1) is 12.4 Å². The molecule has 0 aliphatic rings. The van der Waals surface area contributed by atoms with Crippen molar-refractivity contribution >= 4 is 39.9 Å². The highest BCUT2D eigenvalue weighted by Gasteiger charge is 2.16. The van der Waals surface area contributed by atoms with E-state index in [2.05, 4.69) is 21.2 Å². The zero-order valence-corrected chi connectivity index (χ0v) is 12.6. The molecule has 1 amide bonds. The Morgan fingerprint density at radius 1 is 1.41 bits per heavy atom. The Bertz CT molecular complexity index is 396. The predicted molar refractivity (Wildman–Crippen MR) is 77.6 cm³/mol. The van der Waals surface area contributed by atoms with Crippen LogP contribution in [0.4, 0.5) is 5.69 Å². The minimum atomic E-state index is -0.194. The van der Waals surface area contributed by atoms with Crippen LogP contribution in [0.1, 0.15) is 19.4 Å². The largest absolute Gasteiger partial charge is 0.327 e. The molecule has 1 rings (SSSR count). The van der Waals surface area contributed by atoms with Crippen molar-refractivity contribution in [2.24, 2.45) is 11.7 Å². The average molecular weight is 322 g/mol. The molecule has 0 bridgehead atoms. The second kappa shape index (κ2) is 6.99. The van der Waals surface area contributed by atoms with Crippen LogP contribution < -0.4 is 11.1 Å². The summed E-state index contributed by atoms with van der Waals surface area (Å²) in [4.78, 5) is 11.7. The molecule has 5 heteroatoms. The Balaban J connectivity index is 0.00000256. The molecule has 0 aromatic heterocycles. The van der Waals surface area contributed by atoms with Gasteiger partial charge in [-0.1, -0.05) is 28.9 Å². The number of carbonyl (C=O) groups excluding carboxylic acids is 1. The number of anilines is 1. The highest BCUT2D eigenvalue weighted by Crippen LogP contribution is 2.21. The minimum absolute atomic E-state index is 0. The smallest absolute Gasteiger partial charge is 0.228 e. The van der Waals surface area contributed by atoms with Gasteiger partial charge in [0.2, 0.25) is 5.91 Å². The molecule has 17 heavy (non-hydrogen) atoms. The molecule has 0 saturated carbocycles. The van der Waals surface area contributed by atoms with Gasteiger partial charge in [0.05, 0.1) is 5.92 Å². The topological polar surface area (TPSA) is 55.1 Å². The van der Waals surface area contributed by atoms with Crippen LogP contribution in [-0.2, 0) is 4.79 Å². The number of nitrogens with two attached hydrogens (primary N) is 1. The van der Waals surface area contributed by atoms with Gasteiger partial charge < -0.3 is 11.1 Å². The van der Waals surface area contributed by atoms with E-state index < -0.39 is 0 Å². The molecule has 1 aromatic rings. The number of amides is 1. The quantitative estimate of drug-likeness (QED) is 0.899. The molecule has 3 nitrogen and oxygen atoms in total. The minimum Gasteiger partial charge on any atom is -0.327 e. The first-order chi connectivity index (χ1) is 7.41. The third kappa shape index (κ3) is 4.66. The fraction of sp³-hybridized carbons (Fsp3) is 0.417. The lowest BCUT2D eigenvalue weighted by molar-refractivity contribution is -0.119. The van der Waals surface area contributed by atoms with Gasteiger partial charge in [0.1, 0.15) is 0 Å². The molecule has 0 radical (unpaired) electrons. The van der Waals surface area contributed by atoms with Crippen molar-refractivity contribution in [2.75, 3.05) is 5.32 Å². The molecule has 96 valence electrons. The van der Waals surface area contributed by atoms with Crippen molar-refractivity contribution < 1.29 is 4.79 Å². The van der Waals surface area contributed by atoms with Crippen LogP contribution in [0.5, 0.6) is 0 Å². The number of aryl methyl sites for hydroxylation is 1. The lowest BCUT2D eigenvalue weighted by Gasteiger charge is -2.15. The molecule has 3 N–H and O–H groups in total. The molecule has 2 unspecified atom stereocenters. The molecule has 2 atom stereocenters. The lowest BCUT2D eigenvalue weighted by Crippen LogP contribution is -2.34. The first-order valence-electron chi connectivity index (χ1n) is 5.24. The number of halogens is 2. The maximum atomic E-state index is 11.7. The molecular weight excluding hydrogens is 304 g/mol. The van der Waals surface area contributed by atoms with Crippen LogP contribution >= 0.6 is 28.3 Å². The Morgan fingerprint density at radius 3 is 2.47 bits per heavy atom. The molecule has 0 aliphatic carbocycles. The van der Waals surface area contributed by atoms with Crippen molar-refractivity contribution in [3.05, 3.63) is 28.2 Å². The lowest BCUT2D eigenvalue weighted by atomic mass is 10.0. The van der Waals surface area contributed by atoms with Crippen LogP contribution in [0.2, 0.25) is 0 Å². The summed E-state index contributed by atoms with van der Waals surface area (Å²) in [7, 11) is 0. The first-order valence-corrected chi connectivity index (χ1v) is 6.03. The summed E-state index contributed by atoms with van der Waals surface area (Å²) in [5, 5.41) is 2.84. The van der Waals surface area contributed by atoms with Gasteiger partial charge in [0, 0.05) is 16.2 Å². The molecule has 0 saturated heterocycles. The van der Waals surface area contributed by atoms with Crippen LogP contribution in [-0.4, -0.2) is 11.9 Å². The van der Waals surface area contributed by atoms with E-state index in [9.17, 15) is 4.79 Å². The maximum Gasteiger partial charge on any atom is 0.228 e. The van der Waals surface area contributed by atoms with Crippen molar-refractivity contribution in [1.29, 1.82) is 0 Å². The second-order valence-electron chi connectivity index (χ2n) is 4.10. The number of carbonyl (C=O) groups is 1. The fourth-order valence-corrected chi connectivity index (χ4v) is 1.54. The van der Waals surface area contributed by atoms with Gasteiger partial charge in [0.25, 0.3) is 0 Å².